The molecule has 117 valence electrons. The highest BCUT2D eigenvalue weighted by molar-refractivity contribution is 5.95. The Labute approximate surface area is 144 Å². The summed E-state index contributed by atoms with van der Waals surface area (Å²) in [6.07, 6.45) is 5.54. The van der Waals surface area contributed by atoms with E-state index in [9.17, 15) is 0 Å². The lowest BCUT2D eigenvalue weighted by molar-refractivity contribution is 1.46. The van der Waals surface area contributed by atoms with E-state index in [0.717, 1.165) is 0 Å². The third kappa shape index (κ3) is 3.55. The van der Waals surface area contributed by atoms with Crippen molar-refractivity contribution in [2.45, 2.75) is 13.8 Å². The van der Waals surface area contributed by atoms with Gasteiger partial charge in [0.05, 0.1) is 0 Å². The first kappa shape index (κ1) is 16.0. The molecule has 0 atom stereocenters. The van der Waals surface area contributed by atoms with Crippen LogP contribution in [0.25, 0.3) is 17.2 Å². The van der Waals surface area contributed by atoms with Crippen molar-refractivity contribution in [2.75, 3.05) is 0 Å². The molecule has 3 aromatic rings. The van der Waals surface area contributed by atoms with Crippen LogP contribution in [0.1, 0.15) is 36.1 Å². The first-order chi connectivity index (χ1) is 11.8. The summed E-state index contributed by atoms with van der Waals surface area (Å²) >= 11 is 0. The van der Waals surface area contributed by atoms with Crippen molar-refractivity contribution in [3.05, 3.63) is 113 Å². The molecule has 0 aliphatic heterocycles. The number of benzene rings is 3. The lowest BCUT2D eigenvalue weighted by atomic mass is 9.89. The molecule has 0 N–H and O–H groups in total. The summed E-state index contributed by atoms with van der Waals surface area (Å²) in [5.41, 5.74) is 7.28. The molecule has 0 spiro atoms. The summed E-state index contributed by atoms with van der Waals surface area (Å²) in [7, 11) is 0. The highest BCUT2D eigenvalue weighted by atomic mass is 14.1. The Morgan fingerprint density at radius 3 is 1.88 bits per heavy atom. The fourth-order valence-corrected chi connectivity index (χ4v) is 2.83. The molecule has 0 bridgehead atoms. The fraction of sp³-hybridized carbons (Fsp3) is 0.0833. The second kappa shape index (κ2) is 7.61. The summed E-state index contributed by atoms with van der Waals surface area (Å²) in [5.74, 6) is 0. The molecule has 0 saturated heterocycles. The third-order valence-corrected chi connectivity index (χ3v) is 4.19. The van der Waals surface area contributed by atoms with Gasteiger partial charge in [0.25, 0.3) is 0 Å². The van der Waals surface area contributed by atoms with Crippen molar-refractivity contribution in [2.24, 2.45) is 0 Å². The van der Waals surface area contributed by atoms with E-state index >= 15 is 0 Å². The van der Waals surface area contributed by atoms with E-state index in [1.807, 2.05) is 13.0 Å². The summed E-state index contributed by atoms with van der Waals surface area (Å²) in [5, 5.41) is 0. The lowest BCUT2D eigenvalue weighted by Crippen LogP contribution is -1.94. The van der Waals surface area contributed by atoms with Crippen LogP contribution in [-0.4, -0.2) is 0 Å². The molecule has 1 radical (unpaired) electrons. The van der Waals surface area contributed by atoms with Crippen LogP contribution >= 0.6 is 0 Å². The van der Waals surface area contributed by atoms with Crippen molar-refractivity contribution in [1.82, 2.24) is 0 Å². The van der Waals surface area contributed by atoms with Gasteiger partial charge in [0.1, 0.15) is 0 Å². The van der Waals surface area contributed by atoms with Crippen molar-refractivity contribution in [1.29, 1.82) is 0 Å². The van der Waals surface area contributed by atoms with E-state index in [2.05, 4.69) is 97.9 Å². The maximum Gasteiger partial charge on any atom is -0.00994 e. The van der Waals surface area contributed by atoms with Gasteiger partial charge in [-0.15, -0.1) is 0 Å². The SMILES string of the molecule is C[C]=C(C)c1ccccc1C(=Cc1ccccc1)c1ccccc1. The Morgan fingerprint density at radius 1 is 0.708 bits per heavy atom. The number of hydrogen-bond acceptors (Lipinski definition) is 0. The molecule has 0 heterocycles. The van der Waals surface area contributed by atoms with E-state index in [-0.39, 0.29) is 0 Å². The molecular formula is C24H21. The zero-order valence-corrected chi connectivity index (χ0v) is 14.2. The molecule has 0 aromatic heterocycles. The van der Waals surface area contributed by atoms with Crippen LogP contribution in [0.2, 0.25) is 0 Å². The van der Waals surface area contributed by atoms with Crippen LogP contribution < -0.4 is 0 Å². The van der Waals surface area contributed by atoms with E-state index in [4.69, 9.17) is 0 Å². The summed E-state index contributed by atoms with van der Waals surface area (Å²) in [6.45, 7) is 4.08. The van der Waals surface area contributed by atoms with Gasteiger partial charge in [-0.2, -0.15) is 0 Å². The van der Waals surface area contributed by atoms with Crippen LogP contribution in [0.15, 0.2) is 84.9 Å². The highest BCUT2D eigenvalue weighted by Gasteiger charge is 2.10. The molecule has 3 aromatic carbocycles. The lowest BCUT2D eigenvalue weighted by Gasteiger charge is -2.14. The standard InChI is InChI=1S/C24H21/c1-3-19(2)22-16-10-11-17-23(22)24(21-14-8-5-9-15-21)18-20-12-6-4-7-13-20/h4-18H,1-2H3. The number of rotatable bonds is 4. The van der Waals surface area contributed by atoms with Gasteiger partial charge in [-0.3, -0.25) is 0 Å². The minimum atomic E-state index is 1.17. The fourth-order valence-electron chi connectivity index (χ4n) is 2.83. The van der Waals surface area contributed by atoms with Gasteiger partial charge in [-0.25, -0.2) is 0 Å². The zero-order valence-electron chi connectivity index (χ0n) is 14.2. The Kier molecular flexibility index (Phi) is 5.08. The van der Waals surface area contributed by atoms with Gasteiger partial charge in [0.2, 0.25) is 0 Å². The Balaban J connectivity index is 2.23. The van der Waals surface area contributed by atoms with Crippen LogP contribution in [0.3, 0.4) is 0 Å². The molecule has 0 aliphatic carbocycles. The Hall–Kier alpha value is -2.86. The molecule has 0 heteroatoms. The summed E-state index contributed by atoms with van der Waals surface area (Å²) in [4.78, 5) is 0. The first-order valence-corrected chi connectivity index (χ1v) is 8.23. The minimum Gasteiger partial charge on any atom is -0.0622 e. The average Bonchev–Trinajstić information content (AvgIpc) is 2.67. The molecule has 24 heavy (non-hydrogen) atoms. The van der Waals surface area contributed by atoms with Crippen LogP contribution in [0.5, 0.6) is 0 Å². The van der Waals surface area contributed by atoms with Crippen molar-refractivity contribution < 1.29 is 0 Å². The van der Waals surface area contributed by atoms with E-state index in [0.29, 0.717) is 0 Å². The van der Waals surface area contributed by atoms with Crippen LogP contribution in [0, 0.1) is 6.08 Å². The second-order valence-corrected chi connectivity index (χ2v) is 5.76. The molecule has 0 saturated carbocycles. The average molecular weight is 309 g/mol. The molecule has 0 amide bonds. The topological polar surface area (TPSA) is 0 Å². The monoisotopic (exact) mass is 309 g/mol. The predicted octanol–water partition coefficient (Wildman–Crippen LogP) is 6.50. The van der Waals surface area contributed by atoms with Gasteiger partial charge in [-0.05, 0) is 59.4 Å². The van der Waals surface area contributed by atoms with Crippen LogP contribution in [-0.2, 0) is 0 Å². The first-order valence-electron chi connectivity index (χ1n) is 8.23. The second-order valence-electron chi connectivity index (χ2n) is 5.76. The number of hydrogen-bond donors (Lipinski definition) is 0. The van der Waals surface area contributed by atoms with Gasteiger partial charge in [0.15, 0.2) is 0 Å². The summed E-state index contributed by atoms with van der Waals surface area (Å²) in [6, 6.07) is 29.6. The third-order valence-electron chi connectivity index (χ3n) is 4.19. The normalized spacial score (nSPS) is 12.2. The number of allylic oxidation sites excluding steroid dienone is 2. The maximum absolute atomic E-state index is 3.28. The van der Waals surface area contributed by atoms with Gasteiger partial charge >= 0.3 is 0 Å². The molecular weight excluding hydrogens is 288 g/mol. The van der Waals surface area contributed by atoms with E-state index < -0.39 is 0 Å². The molecule has 3 rings (SSSR count). The molecule has 0 unspecified atom stereocenters. The van der Waals surface area contributed by atoms with Gasteiger partial charge < -0.3 is 0 Å². The predicted molar refractivity (Wildman–Crippen MR) is 104 cm³/mol. The van der Waals surface area contributed by atoms with Crippen molar-refractivity contribution >= 4 is 17.2 Å². The van der Waals surface area contributed by atoms with Crippen LogP contribution in [0.4, 0.5) is 0 Å². The molecule has 0 nitrogen and oxygen atoms in total. The van der Waals surface area contributed by atoms with Crippen molar-refractivity contribution in [3.63, 3.8) is 0 Å². The van der Waals surface area contributed by atoms with Crippen molar-refractivity contribution in [3.8, 4) is 0 Å². The Morgan fingerprint density at radius 2 is 1.25 bits per heavy atom. The van der Waals surface area contributed by atoms with Gasteiger partial charge in [-0.1, -0.05) is 84.9 Å². The van der Waals surface area contributed by atoms with E-state index in [1.54, 1.807) is 0 Å². The minimum absolute atomic E-state index is 1.17. The zero-order chi connectivity index (χ0) is 16.8. The molecule has 0 fully saturated rings. The quantitative estimate of drug-likeness (QED) is 0.482. The van der Waals surface area contributed by atoms with Gasteiger partial charge in [0, 0.05) is 0 Å². The smallest absolute Gasteiger partial charge is 0.00994 e. The Bertz CT molecular complexity index is 853. The molecule has 0 aliphatic rings. The maximum atomic E-state index is 3.28. The largest absolute Gasteiger partial charge is 0.0622 e. The van der Waals surface area contributed by atoms with E-state index in [1.165, 1.54) is 33.4 Å². The summed E-state index contributed by atoms with van der Waals surface area (Å²) < 4.78 is 0. The highest BCUT2D eigenvalue weighted by Crippen LogP contribution is 2.31.